The van der Waals surface area contributed by atoms with E-state index in [0.717, 1.165) is 53.0 Å². The van der Waals surface area contributed by atoms with E-state index < -0.39 is 12.3 Å². The van der Waals surface area contributed by atoms with Crippen molar-refractivity contribution in [1.82, 2.24) is 10.2 Å². The molecule has 0 bridgehead atoms. The van der Waals surface area contributed by atoms with Crippen LogP contribution in [0.3, 0.4) is 0 Å². The second-order valence-corrected chi connectivity index (χ2v) is 12.0. The van der Waals surface area contributed by atoms with Crippen LogP contribution in [0.2, 0.25) is 0 Å². The van der Waals surface area contributed by atoms with Gasteiger partial charge in [-0.1, -0.05) is 74.0 Å². The first-order chi connectivity index (χ1) is 21.4. The summed E-state index contributed by atoms with van der Waals surface area (Å²) >= 11 is 0. The molecule has 0 saturated carbocycles. The molecule has 2 heterocycles. The molecular weight excluding hydrogens is 556 g/mol. The van der Waals surface area contributed by atoms with Crippen molar-refractivity contribution in [2.75, 3.05) is 19.6 Å². The molecule has 1 amide bonds. The second-order valence-electron chi connectivity index (χ2n) is 12.0. The summed E-state index contributed by atoms with van der Waals surface area (Å²) < 4.78 is 13.4. The van der Waals surface area contributed by atoms with Gasteiger partial charge in [-0.05, 0) is 72.3 Å². The number of carbonyl (C=O) groups excluding carboxylic acids is 1. The van der Waals surface area contributed by atoms with Gasteiger partial charge in [-0.2, -0.15) is 0 Å². The highest BCUT2D eigenvalue weighted by Crippen LogP contribution is 2.42. The number of aliphatic hydroxyl groups is 1. The maximum atomic E-state index is 12.2. The van der Waals surface area contributed by atoms with Gasteiger partial charge in [-0.3, -0.25) is 9.59 Å². The summed E-state index contributed by atoms with van der Waals surface area (Å²) in [6, 6.07) is 24.3. The van der Waals surface area contributed by atoms with Gasteiger partial charge in [-0.25, -0.2) is 0 Å². The van der Waals surface area contributed by atoms with Crippen LogP contribution in [0, 0.1) is 5.92 Å². The molecule has 2 fully saturated rings. The molecule has 0 unspecified atom stereocenters. The number of aliphatic carboxylic acids is 1. The third-order valence-corrected chi connectivity index (χ3v) is 8.71. The fraction of sp³-hybridized carbons (Fsp3) is 0.444. The van der Waals surface area contributed by atoms with Crippen molar-refractivity contribution >= 4 is 11.9 Å². The Kier molecular flexibility index (Phi) is 11.2. The summed E-state index contributed by atoms with van der Waals surface area (Å²) in [6.07, 6.45) is 3.56. The van der Waals surface area contributed by atoms with Crippen molar-refractivity contribution in [3.05, 3.63) is 95.1 Å². The quantitative estimate of drug-likeness (QED) is 0.234. The molecule has 2 saturated heterocycles. The van der Waals surface area contributed by atoms with E-state index in [1.54, 1.807) is 0 Å². The summed E-state index contributed by atoms with van der Waals surface area (Å²) in [5.74, 6) is -0.900. The molecule has 3 aromatic carbocycles. The number of likely N-dealkylation sites (tertiary alicyclic amines) is 1. The van der Waals surface area contributed by atoms with Gasteiger partial charge in [0.25, 0.3) is 0 Å². The second kappa shape index (κ2) is 15.4. The third kappa shape index (κ3) is 8.54. The molecule has 4 atom stereocenters. The zero-order chi connectivity index (χ0) is 30.9. The van der Waals surface area contributed by atoms with Crippen LogP contribution in [0.25, 0.3) is 11.1 Å². The van der Waals surface area contributed by atoms with E-state index in [9.17, 15) is 14.7 Å². The molecule has 234 valence electrons. The number of ether oxygens (including phenoxy) is 2. The largest absolute Gasteiger partial charge is 0.481 e. The van der Waals surface area contributed by atoms with Gasteiger partial charge < -0.3 is 29.9 Å². The number of rotatable bonds is 12. The van der Waals surface area contributed by atoms with E-state index in [2.05, 4.69) is 53.5 Å². The molecule has 2 aliphatic rings. The molecule has 3 aromatic rings. The smallest absolute Gasteiger partial charge is 0.303 e. The normalized spacial score (nSPS) is 22.4. The predicted octanol–water partition coefficient (Wildman–Crippen LogP) is 5.99. The van der Waals surface area contributed by atoms with Gasteiger partial charge in [0, 0.05) is 37.4 Å². The Morgan fingerprint density at radius 3 is 2.32 bits per heavy atom. The Labute approximate surface area is 260 Å². The number of carboxylic acid groups (broad SMARTS) is 1. The van der Waals surface area contributed by atoms with Gasteiger partial charge in [-0.15, -0.1) is 0 Å². The number of nitrogens with one attached hydrogen (secondary N) is 1. The van der Waals surface area contributed by atoms with Crippen LogP contribution in [-0.2, 0) is 32.2 Å². The number of nitrogens with zero attached hydrogens (tertiary/aromatic N) is 1. The molecule has 2 aliphatic heterocycles. The van der Waals surface area contributed by atoms with Gasteiger partial charge in [0.1, 0.15) is 0 Å². The molecule has 8 heteroatoms. The fourth-order valence-electron chi connectivity index (χ4n) is 6.14. The Hall–Kier alpha value is -3.56. The highest BCUT2D eigenvalue weighted by atomic mass is 16.7. The lowest BCUT2D eigenvalue weighted by atomic mass is 9.89. The van der Waals surface area contributed by atoms with E-state index >= 15 is 0 Å². The first-order valence-electron chi connectivity index (χ1n) is 15.8. The number of benzene rings is 3. The van der Waals surface area contributed by atoms with Gasteiger partial charge >= 0.3 is 5.97 Å². The van der Waals surface area contributed by atoms with Crippen molar-refractivity contribution in [3.8, 4) is 11.1 Å². The maximum Gasteiger partial charge on any atom is 0.303 e. The van der Waals surface area contributed by atoms with Crippen LogP contribution in [0.4, 0.5) is 0 Å². The van der Waals surface area contributed by atoms with E-state index in [0.29, 0.717) is 13.0 Å². The zero-order valence-electron chi connectivity index (χ0n) is 25.5. The number of aliphatic hydroxyl groups excluding tert-OH is 1. The van der Waals surface area contributed by atoms with Crippen LogP contribution >= 0.6 is 0 Å². The first kappa shape index (κ1) is 31.9. The molecule has 3 N–H and O–H groups in total. The molecule has 0 spiro atoms. The van der Waals surface area contributed by atoms with E-state index in [4.69, 9.17) is 14.6 Å². The van der Waals surface area contributed by atoms with E-state index in [-0.39, 0.29) is 43.5 Å². The Balaban J connectivity index is 1.32. The molecule has 0 radical (unpaired) electrons. The van der Waals surface area contributed by atoms with Gasteiger partial charge in [0.05, 0.1) is 18.8 Å². The average Bonchev–Trinajstić information content (AvgIpc) is 3.05. The SMILES string of the molecule is C[C@H]1[C@@H](CN2CCCCC2)O[C@@H](c2cccc(-c3cccc(CNC(=O)CCCC(=O)O)c3)c2)O[C@H]1c1ccc(CO)cc1. The third-order valence-electron chi connectivity index (χ3n) is 8.71. The summed E-state index contributed by atoms with van der Waals surface area (Å²) in [5.41, 5.74) is 5.93. The first-order valence-corrected chi connectivity index (χ1v) is 15.8. The Bertz CT molecular complexity index is 1390. The number of piperidine rings is 1. The van der Waals surface area contributed by atoms with Gasteiger partial charge in [0.15, 0.2) is 6.29 Å². The summed E-state index contributed by atoms with van der Waals surface area (Å²) in [4.78, 5) is 25.4. The summed E-state index contributed by atoms with van der Waals surface area (Å²) in [6.45, 7) is 5.67. The Morgan fingerprint density at radius 2 is 1.59 bits per heavy atom. The van der Waals surface area contributed by atoms with Crippen LogP contribution < -0.4 is 5.32 Å². The van der Waals surface area contributed by atoms with Crippen molar-refractivity contribution in [3.63, 3.8) is 0 Å². The summed E-state index contributed by atoms with van der Waals surface area (Å²) in [5, 5.41) is 21.2. The van der Waals surface area contributed by atoms with Crippen molar-refractivity contribution in [2.45, 2.75) is 77.1 Å². The summed E-state index contributed by atoms with van der Waals surface area (Å²) in [7, 11) is 0. The van der Waals surface area contributed by atoms with Gasteiger partial charge in [0.2, 0.25) is 5.91 Å². The molecule has 8 nitrogen and oxygen atoms in total. The van der Waals surface area contributed by atoms with Crippen LogP contribution in [0.1, 0.15) is 80.1 Å². The monoisotopic (exact) mass is 600 g/mol. The number of hydrogen-bond acceptors (Lipinski definition) is 6. The number of carboxylic acids is 1. The van der Waals surface area contributed by atoms with E-state index in [1.807, 2.05) is 36.4 Å². The zero-order valence-corrected chi connectivity index (χ0v) is 25.5. The van der Waals surface area contributed by atoms with Crippen LogP contribution in [-0.4, -0.2) is 52.7 Å². The molecule has 0 aliphatic carbocycles. The maximum absolute atomic E-state index is 12.2. The van der Waals surface area contributed by atoms with Crippen molar-refractivity contribution in [2.24, 2.45) is 5.92 Å². The number of hydrogen-bond donors (Lipinski definition) is 3. The lowest BCUT2D eigenvalue weighted by Crippen LogP contribution is -2.45. The fourth-order valence-corrected chi connectivity index (χ4v) is 6.14. The number of carbonyl (C=O) groups is 2. The predicted molar refractivity (Wildman–Crippen MR) is 168 cm³/mol. The van der Waals surface area contributed by atoms with Crippen molar-refractivity contribution < 1.29 is 29.3 Å². The lowest BCUT2D eigenvalue weighted by molar-refractivity contribution is -0.276. The lowest BCUT2D eigenvalue weighted by Gasteiger charge is -2.43. The minimum atomic E-state index is -0.893. The molecule has 5 rings (SSSR count). The number of amides is 1. The standard InChI is InChI=1S/C36H44N2O6/c1-25-32(23-38-18-3-2-4-19-38)43-36(44-35(25)28-16-14-26(24-39)15-17-28)31-11-6-10-30(21-31)29-9-5-8-27(20-29)22-37-33(40)12-7-13-34(41)42/h5-6,8-11,14-17,20-21,25,32,35-36,39H,2-4,7,12-13,18-19,22-24H2,1H3,(H,37,40)(H,41,42)/t25-,32+,35+,36+/m0/s1. The van der Waals surface area contributed by atoms with Crippen molar-refractivity contribution in [1.29, 1.82) is 0 Å². The minimum Gasteiger partial charge on any atom is -0.481 e. The van der Waals surface area contributed by atoms with Crippen LogP contribution in [0.15, 0.2) is 72.8 Å². The highest BCUT2D eigenvalue weighted by Gasteiger charge is 2.39. The topological polar surface area (TPSA) is 108 Å². The average molecular weight is 601 g/mol. The molecular formula is C36H44N2O6. The Morgan fingerprint density at radius 1 is 0.864 bits per heavy atom. The van der Waals surface area contributed by atoms with Crippen LogP contribution in [0.5, 0.6) is 0 Å². The molecule has 44 heavy (non-hydrogen) atoms. The minimum absolute atomic E-state index is 0.000428. The highest BCUT2D eigenvalue weighted by molar-refractivity contribution is 5.76. The van der Waals surface area contributed by atoms with E-state index in [1.165, 1.54) is 19.3 Å². The molecule has 0 aromatic heterocycles.